The Morgan fingerprint density at radius 3 is 2.26 bits per heavy atom. The molecule has 19 heavy (non-hydrogen) atoms. The molecule has 1 aromatic carbocycles. The van der Waals surface area contributed by atoms with Crippen LogP contribution in [0.1, 0.15) is 19.4 Å². The Hall–Kier alpha value is -1.36. The van der Waals surface area contributed by atoms with Crippen molar-refractivity contribution < 1.29 is 13.2 Å². The van der Waals surface area contributed by atoms with E-state index in [1.54, 1.807) is 24.3 Å². The Balaban J connectivity index is 1.92. The fraction of sp³-hybridized carbons (Fsp3) is 0.500. The number of amides is 1. The van der Waals surface area contributed by atoms with Crippen LogP contribution in [-0.2, 0) is 14.8 Å². The largest absolute Gasteiger partial charge is 0.273 e. The molecule has 1 aromatic rings. The molecule has 0 bridgehead atoms. The Bertz CT molecular complexity index is 646. The van der Waals surface area contributed by atoms with Crippen molar-refractivity contribution in [3.05, 3.63) is 29.8 Å². The highest BCUT2D eigenvalue weighted by molar-refractivity contribution is 7.89. The van der Waals surface area contributed by atoms with E-state index in [-0.39, 0.29) is 28.1 Å². The van der Waals surface area contributed by atoms with Gasteiger partial charge >= 0.3 is 0 Å². The number of hydrogen-bond acceptors (Lipinski definition) is 3. The summed E-state index contributed by atoms with van der Waals surface area (Å²) in [5.41, 5.74) is 0.965. The number of hydrogen-bond donors (Lipinski definition) is 0. The van der Waals surface area contributed by atoms with Crippen LogP contribution in [0.2, 0.25) is 0 Å². The van der Waals surface area contributed by atoms with Gasteiger partial charge in [0.25, 0.3) is 10.0 Å². The van der Waals surface area contributed by atoms with E-state index in [4.69, 9.17) is 0 Å². The number of benzene rings is 1. The second-order valence-electron chi connectivity index (χ2n) is 6.09. The van der Waals surface area contributed by atoms with Crippen molar-refractivity contribution in [1.82, 2.24) is 4.31 Å². The van der Waals surface area contributed by atoms with Gasteiger partial charge in [0.1, 0.15) is 0 Å². The van der Waals surface area contributed by atoms with Crippen molar-refractivity contribution in [1.29, 1.82) is 0 Å². The van der Waals surface area contributed by atoms with Crippen LogP contribution >= 0.6 is 0 Å². The van der Waals surface area contributed by atoms with E-state index in [9.17, 15) is 13.2 Å². The number of nitrogens with zero attached hydrogens (tertiary/aromatic N) is 1. The zero-order valence-corrected chi connectivity index (χ0v) is 12.1. The van der Waals surface area contributed by atoms with Gasteiger partial charge in [-0.15, -0.1) is 0 Å². The van der Waals surface area contributed by atoms with Gasteiger partial charge in [-0.3, -0.25) is 4.79 Å². The summed E-state index contributed by atoms with van der Waals surface area (Å²) < 4.78 is 25.9. The van der Waals surface area contributed by atoms with Gasteiger partial charge in [0.2, 0.25) is 5.91 Å². The van der Waals surface area contributed by atoms with Gasteiger partial charge in [0, 0.05) is 12.5 Å². The average molecular weight is 279 g/mol. The van der Waals surface area contributed by atoms with Crippen LogP contribution in [0.15, 0.2) is 29.2 Å². The molecule has 0 spiro atoms. The number of sulfonamides is 1. The molecule has 0 radical (unpaired) electrons. The molecular weight excluding hydrogens is 262 g/mol. The second kappa shape index (κ2) is 3.60. The van der Waals surface area contributed by atoms with Crippen LogP contribution in [0, 0.1) is 24.2 Å². The summed E-state index contributed by atoms with van der Waals surface area (Å²) in [4.78, 5) is 12.4. The van der Waals surface area contributed by atoms with Gasteiger partial charge in [-0.25, -0.2) is 12.7 Å². The predicted octanol–water partition coefficient (Wildman–Crippen LogP) is 1.80. The summed E-state index contributed by atoms with van der Waals surface area (Å²) in [5.74, 6) is -0.177. The smallest absolute Gasteiger partial charge is 0.266 e. The lowest BCUT2D eigenvalue weighted by Crippen LogP contribution is -2.37. The first-order valence-corrected chi connectivity index (χ1v) is 7.83. The quantitative estimate of drug-likeness (QED) is 0.829. The third-order valence-electron chi connectivity index (χ3n) is 4.53. The van der Waals surface area contributed by atoms with Gasteiger partial charge in [-0.1, -0.05) is 31.5 Å². The lowest BCUT2D eigenvalue weighted by atomic mass is 10.1. The van der Waals surface area contributed by atoms with Gasteiger partial charge in [0.15, 0.2) is 0 Å². The molecule has 0 N–H and O–H groups in total. The van der Waals surface area contributed by atoms with Crippen molar-refractivity contribution in [3.8, 4) is 0 Å². The predicted molar refractivity (Wildman–Crippen MR) is 70.8 cm³/mol. The zero-order valence-electron chi connectivity index (χ0n) is 11.3. The molecule has 2 atom stereocenters. The molecule has 1 amide bonds. The Morgan fingerprint density at radius 1 is 1.21 bits per heavy atom. The number of carbonyl (C=O) groups excluding carboxylic acids is 1. The Morgan fingerprint density at radius 2 is 1.79 bits per heavy atom. The van der Waals surface area contributed by atoms with Crippen molar-refractivity contribution in [3.63, 3.8) is 0 Å². The molecule has 1 heterocycles. The monoisotopic (exact) mass is 279 g/mol. The van der Waals surface area contributed by atoms with Gasteiger partial charge in [-0.2, -0.15) is 0 Å². The van der Waals surface area contributed by atoms with Crippen LogP contribution in [0.4, 0.5) is 0 Å². The molecule has 1 aliphatic carbocycles. The fourth-order valence-electron chi connectivity index (χ4n) is 3.05. The van der Waals surface area contributed by atoms with Gasteiger partial charge < -0.3 is 0 Å². The van der Waals surface area contributed by atoms with Crippen molar-refractivity contribution >= 4 is 15.9 Å². The first-order chi connectivity index (χ1) is 8.76. The molecule has 2 aliphatic rings. The van der Waals surface area contributed by atoms with E-state index >= 15 is 0 Å². The van der Waals surface area contributed by atoms with Crippen molar-refractivity contribution in [2.24, 2.45) is 17.3 Å². The summed E-state index contributed by atoms with van der Waals surface area (Å²) in [5, 5.41) is 0. The van der Waals surface area contributed by atoms with Crippen molar-refractivity contribution in [2.75, 3.05) is 6.54 Å². The first-order valence-electron chi connectivity index (χ1n) is 6.39. The second-order valence-corrected chi connectivity index (χ2v) is 7.96. The molecular formula is C14H17NO3S. The molecule has 2 fully saturated rings. The SMILES string of the molecule is Cc1ccc(S(=O)(=O)N2CC3C(C2=O)C3(C)C)cc1. The van der Waals surface area contributed by atoms with E-state index < -0.39 is 10.0 Å². The number of fused-ring (bicyclic) bond motifs is 1. The molecule has 1 saturated carbocycles. The fourth-order valence-corrected chi connectivity index (χ4v) is 4.49. The van der Waals surface area contributed by atoms with Gasteiger partial charge in [-0.05, 0) is 30.4 Å². The van der Waals surface area contributed by atoms with Gasteiger partial charge in [0.05, 0.1) is 4.90 Å². The molecule has 0 aromatic heterocycles. The molecule has 3 rings (SSSR count). The lowest BCUT2D eigenvalue weighted by molar-refractivity contribution is -0.126. The van der Waals surface area contributed by atoms with E-state index in [2.05, 4.69) is 0 Å². The summed E-state index contributed by atoms with van der Waals surface area (Å²) in [7, 11) is -3.67. The normalized spacial score (nSPS) is 28.4. The number of piperidine rings is 1. The van der Waals surface area contributed by atoms with E-state index in [1.807, 2.05) is 20.8 Å². The summed E-state index contributed by atoms with van der Waals surface area (Å²) in [6.07, 6.45) is 0. The van der Waals surface area contributed by atoms with Crippen LogP contribution in [0.3, 0.4) is 0 Å². The standard InChI is InChI=1S/C14H17NO3S/c1-9-4-6-10(7-5-9)19(17,18)15-8-11-12(13(15)16)14(11,2)3/h4-7,11-12H,8H2,1-3H3. The van der Waals surface area contributed by atoms with Crippen LogP contribution in [-0.4, -0.2) is 25.2 Å². The maximum absolute atomic E-state index is 12.4. The Kier molecular flexibility index (Phi) is 2.40. The first kappa shape index (κ1) is 12.7. The van der Waals surface area contributed by atoms with Crippen LogP contribution in [0.5, 0.6) is 0 Å². The maximum atomic E-state index is 12.4. The minimum absolute atomic E-state index is 0.0314. The number of rotatable bonds is 2. The third-order valence-corrected chi connectivity index (χ3v) is 6.31. The van der Waals surface area contributed by atoms with Crippen LogP contribution < -0.4 is 0 Å². The minimum Gasteiger partial charge on any atom is -0.273 e. The number of aryl methyl sites for hydroxylation is 1. The topological polar surface area (TPSA) is 54.5 Å². The number of carbonyl (C=O) groups is 1. The molecule has 5 heteroatoms. The molecule has 1 saturated heterocycles. The van der Waals surface area contributed by atoms with E-state index in [0.717, 1.165) is 9.87 Å². The summed E-state index contributed by atoms with van der Waals surface area (Å²) in [6, 6.07) is 6.62. The summed E-state index contributed by atoms with van der Waals surface area (Å²) in [6.45, 7) is 6.27. The molecule has 102 valence electrons. The average Bonchev–Trinajstić information content (AvgIpc) is 2.66. The maximum Gasteiger partial charge on any atom is 0.266 e. The Labute approximate surface area is 113 Å². The molecule has 2 unspecified atom stereocenters. The third kappa shape index (κ3) is 1.64. The highest BCUT2D eigenvalue weighted by atomic mass is 32.2. The molecule has 4 nitrogen and oxygen atoms in total. The zero-order chi connectivity index (χ0) is 14.0. The summed E-state index contributed by atoms with van der Waals surface area (Å²) >= 11 is 0. The van der Waals surface area contributed by atoms with E-state index in [0.29, 0.717) is 6.54 Å². The lowest BCUT2D eigenvalue weighted by Gasteiger charge is -2.22. The highest BCUT2D eigenvalue weighted by Gasteiger charge is 2.69. The molecule has 1 aliphatic heterocycles. The highest BCUT2D eigenvalue weighted by Crippen LogP contribution is 2.63. The minimum atomic E-state index is -3.67. The van der Waals surface area contributed by atoms with E-state index in [1.165, 1.54) is 0 Å². The van der Waals surface area contributed by atoms with Crippen LogP contribution in [0.25, 0.3) is 0 Å². The van der Waals surface area contributed by atoms with Crippen molar-refractivity contribution in [2.45, 2.75) is 25.7 Å².